The highest BCUT2D eigenvalue weighted by atomic mass is 16.5. The van der Waals surface area contributed by atoms with Crippen molar-refractivity contribution >= 4 is 28.7 Å². The van der Waals surface area contributed by atoms with Gasteiger partial charge in [0, 0.05) is 17.0 Å². The van der Waals surface area contributed by atoms with Gasteiger partial charge in [0.1, 0.15) is 11.8 Å². The van der Waals surface area contributed by atoms with Crippen molar-refractivity contribution in [3.8, 4) is 0 Å². The molecule has 1 amide bonds. The van der Waals surface area contributed by atoms with Gasteiger partial charge in [-0.3, -0.25) is 9.59 Å². The number of anilines is 1. The Labute approximate surface area is 131 Å². The highest BCUT2D eigenvalue weighted by Crippen LogP contribution is 2.22. The number of benzene rings is 1. The summed E-state index contributed by atoms with van der Waals surface area (Å²) >= 11 is 0. The van der Waals surface area contributed by atoms with Gasteiger partial charge in [0.15, 0.2) is 12.4 Å². The summed E-state index contributed by atoms with van der Waals surface area (Å²) in [6.07, 6.45) is 2.89. The normalized spacial score (nSPS) is 10.7. The Morgan fingerprint density at radius 2 is 2.17 bits per heavy atom. The van der Waals surface area contributed by atoms with Crippen molar-refractivity contribution < 1.29 is 23.3 Å². The first-order valence-electron chi connectivity index (χ1n) is 6.94. The number of hydrogen-bond donors (Lipinski definition) is 1. The van der Waals surface area contributed by atoms with Crippen molar-refractivity contribution in [1.29, 1.82) is 0 Å². The molecule has 0 atom stereocenters. The second kappa shape index (κ2) is 6.35. The zero-order valence-corrected chi connectivity index (χ0v) is 12.4. The van der Waals surface area contributed by atoms with Crippen LogP contribution in [0, 0.1) is 6.92 Å². The summed E-state index contributed by atoms with van der Waals surface area (Å²) in [7, 11) is 0. The summed E-state index contributed by atoms with van der Waals surface area (Å²) in [6.45, 7) is 1.57. The molecule has 0 radical (unpaired) electrons. The number of nitrogens with one attached hydrogen (secondary N) is 1. The molecule has 118 valence electrons. The smallest absolute Gasteiger partial charge is 0.310 e. The van der Waals surface area contributed by atoms with Crippen LogP contribution < -0.4 is 5.32 Å². The molecule has 1 N–H and O–H groups in total. The maximum Gasteiger partial charge on any atom is 0.310 e. The molecule has 7 heteroatoms. The standard InChI is InChI=1S/C16H14N2O5/c1-10-2-3-12-11(8-21-13(12)6-10)7-16(20)22-9-15(19)17-14-4-5-23-18-14/h2-6,8H,7,9H2,1H3,(H,17,18,19). The highest BCUT2D eigenvalue weighted by molar-refractivity contribution is 5.92. The van der Waals surface area contributed by atoms with E-state index in [0.29, 0.717) is 0 Å². The number of hydrogen-bond acceptors (Lipinski definition) is 6. The maximum atomic E-state index is 11.8. The Balaban J connectivity index is 1.55. The quantitative estimate of drug-likeness (QED) is 0.727. The van der Waals surface area contributed by atoms with Crippen molar-refractivity contribution in [3.05, 3.63) is 47.9 Å². The zero-order chi connectivity index (χ0) is 16.2. The average molecular weight is 314 g/mol. The third-order valence-electron chi connectivity index (χ3n) is 3.22. The number of fused-ring (bicyclic) bond motifs is 1. The van der Waals surface area contributed by atoms with Gasteiger partial charge >= 0.3 is 5.97 Å². The largest absolute Gasteiger partial charge is 0.464 e. The molecule has 0 saturated heterocycles. The van der Waals surface area contributed by atoms with Gasteiger partial charge < -0.3 is 19.0 Å². The number of amides is 1. The monoisotopic (exact) mass is 314 g/mol. The first-order chi connectivity index (χ1) is 11.1. The van der Waals surface area contributed by atoms with Crippen LogP contribution in [0.4, 0.5) is 5.82 Å². The number of carbonyl (C=O) groups is 2. The van der Waals surface area contributed by atoms with Gasteiger partial charge in [-0.1, -0.05) is 17.3 Å². The van der Waals surface area contributed by atoms with Crippen LogP contribution in [0.1, 0.15) is 11.1 Å². The molecule has 7 nitrogen and oxygen atoms in total. The minimum absolute atomic E-state index is 0.0350. The van der Waals surface area contributed by atoms with E-state index in [0.717, 1.165) is 22.1 Å². The topological polar surface area (TPSA) is 94.6 Å². The Morgan fingerprint density at radius 1 is 1.30 bits per heavy atom. The lowest BCUT2D eigenvalue weighted by atomic mass is 10.1. The van der Waals surface area contributed by atoms with E-state index in [1.807, 2.05) is 25.1 Å². The summed E-state index contributed by atoms with van der Waals surface area (Å²) < 4.78 is 14.9. The number of nitrogens with zero attached hydrogens (tertiary/aromatic N) is 1. The molecule has 0 aliphatic heterocycles. The van der Waals surface area contributed by atoms with E-state index in [1.54, 1.807) is 0 Å². The Kier molecular flexibility index (Phi) is 4.09. The highest BCUT2D eigenvalue weighted by Gasteiger charge is 2.13. The Hall–Kier alpha value is -3.09. The molecule has 0 aliphatic rings. The average Bonchev–Trinajstić information content (AvgIpc) is 3.15. The third-order valence-corrected chi connectivity index (χ3v) is 3.22. The van der Waals surface area contributed by atoms with Crippen LogP contribution in [-0.2, 0) is 20.7 Å². The van der Waals surface area contributed by atoms with E-state index in [4.69, 9.17) is 9.15 Å². The summed E-state index contributed by atoms with van der Waals surface area (Å²) in [5, 5.41) is 6.82. The van der Waals surface area contributed by atoms with Crippen LogP contribution in [0.25, 0.3) is 11.0 Å². The minimum atomic E-state index is -0.511. The van der Waals surface area contributed by atoms with Crippen LogP contribution in [0.5, 0.6) is 0 Å². The fourth-order valence-electron chi connectivity index (χ4n) is 2.14. The molecule has 0 bridgehead atoms. The summed E-state index contributed by atoms with van der Waals surface area (Å²) in [4.78, 5) is 23.4. The number of carbonyl (C=O) groups excluding carboxylic acids is 2. The molecule has 3 rings (SSSR count). The molecular formula is C16H14N2O5. The zero-order valence-electron chi connectivity index (χ0n) is 12.4. The number of aryl methyl sites for hydroxylation is 1. The molecule has 0 saturated carbocycles. The lowest BCUT2D eigenvalue weighted by Crippen LogP contribution is -2.21. The molecular weight excluding hydrogens is 300 g/mol. The van der Waals surface area contributed by atoms with Crippen LogP contribution in [-0.4, -0.2) is 23.6 Å². The number of ether oxygens (including phenoxy) is 1. The summed E-state index contributed by atoms with van der Waals surface area (Å²) in [6, 6.07) is 7.22. The lowest BCUT2D eigenvalue weighted by Gasteiger charge is -2.04. The van der Waals surface area contributed by atoms with E-state index in [2.05, 4.69) is 15.0 Å². The van der Waals surface area contributed by atoms with Gasteiger partial charge in [-0.25, -0.2) is 0 Å². The van der Waals surface area contributed by atoms with Crippen LogP contribution in [0.2, 0.25) is 0 Å². The van der Waals surface area contributed by atoms with Gasteiger partial charge in [-0.05, 0) is 18.6 Å². The second-order valence-electron chi connectivity index (χ2n) is 5.03. The third kappa shape index (κ3) is 3.57. The summed E-state index contributed by atoms with van der Waals surface area (Å²) in [5.41, 5.74) is 2.52. The molecule has 0 unspecified atom stereocenters. The van der Waals surface area contributed by atoms with Crippen molar-refractivity contribution in [3.63, 3.8) is 0 Å². The minimum Gasteiger partial charge on any atom is -0.464 e. The predicted octanol–water partition coefficient (Wildman–Crippen LogP) is 2.45. The summed E-state index contributed by atoms with van der Waals surface area (Å²) in [5.74, 6) is -0.731. The Bertz CT molecular complexity index is 835. The molecule has 0 aliphatic carbocycles. The molecule has 0 fully saturated rings. The molecule has 0 spiro atoms. The molecule has 23 heavy (non-hydrogen) atoms. The van der Waals surface area contributed by atoms with Crippen molar-refractivity contribution in [1.82, 2.24) is 5.16 Å². The van der Waals surface area contributed by atoms with Gasteiger partial charge in [0.2, 0.25) is 0 Å². The molecule has 2 heterocycles. The first-order valence-corrected chi connectivity index (χ1v) is 6.94. The number of furan rings is 1. The van der Waals surface area contributed by atoms with Crippen molar-refractivity contribution in [2.45, 2.75) is 13.3 Å². The van der Waals surface area contributed by atoms with E-state index >= 15 is 0 Å². The molecule has 1 aromatic carbocycles. The van der Waals surface area contributed by atoms with E-state index in [9.17, 15) is 9.59 Å². The number of aromatic nitrogens is 1. The Morgan fingerprint density at radius 3 is 2.96 bits per heavy atom. The van der Waals surface area contributed by atoms with E-state index < -0.39 is 11.9 Å². The fourth-order valence-corrected chi connectivity index (χ4v) is 2.14. The maximum absolute atomic E-state index is 11.8. The first kappa shape index (κ1) is 14.8. The fraction of sp³-hybridized carbons (Fsp3) is 0.188. The van der Waals surface area contributed by atoms with Gasteiger partial charge in [-0.2, -0.15) is 0 Å². The van der Waals surface area contributed by atoms with Crippen molar-refractivity contribution in [2.24, 2.45) is 0 Å². The van der Waals surface area contributed by atoms with Crippen LogP contribution in [0.3, 0.4) is 0 Å². The van der Waals surface area contributed by atoms with Crippen molar-refractivity contribution in [2.75, 3.05) is 11.9 Å². The van der Waals surface area contributed by atoms with E-state index in [-0.39, 0.29) is 18.8 Å². The lowest BCUT2D eigenvalue weighted by molar-refractivity contribution is -0.146. The SMILES string of the molecule is Cc1ccc2c(CC(=O)OCC(=O)Nc3ccon3)coc2c1. The number of esters is 1. The second-order valence-corrected chi connectivity index (χ2v) is 5.03. The predicted molar refractivity (Wildman–Crippen MR) is 80.7 cm³/mol. The number of rotatable bonds is 5. The van der Waals surface area contributed by atoms with Crippen LogP contribution >= 0.6 is 0 Å². The van der Waals surface area contributed by atoms with Gasteiger partial charge in [-0.15, -0.1) is 0 Å². The van der Waals surface area contributed by atoms with Gasteiger partial charge in [0.05, 0.1) is 12.7 Å². The molecule has 2 aromatic heterocycles. The van der Waals surface area contributed by atoms with Gasteiger partial charge in [0.25, 0.3) is 5.91 Å². The van der Waals surface area contributed by atoms with E-state index in [1.165, 1.54) is 18.6 Å². The van der Waals surface area contributed by atoms with Crippen LogP contribution in [0.15, 0.2) is 45.7 Å². The molecule has 3 aromatic rings.